The van der Waals surface area contributed by atoms with Gasteiger partial charge in [0.2, 0.25) is 5.91 Å². The number of ether oxygens (including phenoxy) is 1. The number of hydrogen-bond acceptors (Lipinski definition) is 5. The molecule has 1 aliphatic carbocycles. The summed E-state index contributed by atoms with van der Waals surface area (Å²) in [7, 11) is -3.22. The number of aliphatic hydroxyl groups excluding tert-OH is 1. The third-order valence-electron chi connectivity index (χ3n) is 7.62. The molecule has 44 heavy (non-hydrogen) atoms. The molecule has 250 valence electrons. The zero-order valence-corrected chi connectivity index (χ0v) is 28.4. The average molecular weight is 669 g/mol. The zero-order valence-electron chi connectivity index (χ0n) is 26.6. The fourth-order valence-corrected chi connectivity index (χ4v) is 5.95. The molecular formula is C29H45F5N4O4SSi. The summed E-state index contributed by atoms with van der Waals surface area (Å²) in [6, 6.07) is 4.29. The molecule has 1 aromatic heterocycles. The van der Waals surface area contributed by atoms with Crippen LogP contribution in [0.1, 0.15) is 77.5 Å². The molecule has 1 heterocycles. The van der Waals surface area contributed by atoms with Crippen molar-refractivity contribution in [3.8, 4) is 0 Å². The maximum atomic E-state index is 14.1. The highest BCUT2D eigenvalue weighted by Crippen LogP contribution is 2.50. The van der Waals surface area contributed by atoms with Crippen LogP contribution in [0.4, 0.5) is 22.0 Å². The average Bonchev–Trinajstić information content (AvgIpc) is 3.28. The number of benzene rings is 1. The van der Waals surface area contributed by atoms with E-state index in [1.807, 2.05) is 0 Å². The number of amides is 1. The number of hydrogen-bond donors (Lipinski definition) is 3. The normalized spacial score (nSPS) is 19.5. The molecule has 0 aliphatic heterocycles. The predicted molar refractivity (Wildman–Crippen MR) is 163 cm³/mol. The molecule has 3 rings (SSSR count). The minimum absolute atomic E-state index is 0.0776. The molecular weight excluding hydrogens is 623 g/mol. The van der Waals surface area contributed by atoms with Gasteiger partial charge in [0.15, 0.2) is 6.23 Å². The second kappa shape index (κ2) is 13.0. The molecule has 0 saturated heterocycles. The van der Waals surface area contributed by atoms with Crippen LogP contribution < -0.4 is 10.0 Å². The number of aromatic nitrogens is 2. The Balaban J connectivity index is 2.02. The lowest BCUT2D eigenvalue weighted by Gasteiger charge is -2.33. The van der Waals surface area contributed by atoms with E-state index in [1.54, 1.807) is 31.4 Å². The molecule has 8 nitrogen and oxygen atoms in total. The van der Waals surface area contributed by atoms with Crippen LogP contribution in [-0.4, -0.2) is 56.3 Å². The van der Waals surface area contributed by atoms with Gasteiger partial charge in [0.25, 0.3) is 5.92 Å². The Bertz CT molecular complexity index is 1350. The summed E-state index contributed by atoms with van der Waals surface area (Å²) in [5.41, 5.74) is -1.16. The first-order valence-electron chi connectivity index (χ1n) is 14.6. The fraction of sp³-hybridized carbons (Fsp3) is 0.724. The third-order valence-corrected chi connectivity index (χ3v) is 10.9. The maximum absolute atomic E-state index is 14.1. The number of aliphatic hydroxyl groups is 1. The summed E-state index contributed by atoms with van der Waals surface area (Å²) in [6.07, 6.45) is -7.35. The third kappa shape index (κ3) is 9.53. The minimum atomic E-state index is -4.55. The van der Waals surface area contributed by atoms with Crippen molar-refractivity contribution < 1.29 is 40.8 Å². The lowest BCUT2D eigenvalue weighted by atomic mass is 9.85. The van der Waals surface area contributed by atoms with Gasteiger partial charge in [-0.25, -0.2) is 22.7 Å². The molecule has 2 aromatic rings. The van der Waals surface area contributed by atoms with Crippen molar-refractivity contribution >= 4 is 36.0 Å². The van der Waals surface area contributed by atoms with Crippen LogP contribution in [0.3, 0.4) is 0 Å². The van der Waals surface area contributed by atoms with Gasteiger partial charge in [0.05, 0.1) is 38.2 Å². The summed E-state index contributed by atoms with van der Waals surface area (Å²) in [4.78, 5) is 16.9. The number of halogens is 5. The van der Waals surface area contributed by atoms with Crippen molar-refractivity contribution in [2.24, 2.45) is 11.3 Å². The SMILES string of the molecule is CC(C)(C)[S@@](=O)N[C@@H](CC(C)(C)C(F)(F)F)c1nc2ccc([C@@H](O)NC(=O)CC3CC3(F)F)cc2n1COCC[Si](C)(C)C. The van der Waals surface area contributed by atoms with Gasteiger partial charge < -0.3 is 19.7 Å². The highest BCUT2D eigenvalue weighted by Gasteiger charge is 2.57. The van der Waals surface area contributed by atoms with E-state index in [0.717, 1.165) is 19.9 Å². The van der Waals surface area contributed by atoms with E-state index in [1.165, 1.54) is 12.1 Å². The molecule has 1 aliphatic rings. The van der Waals surface area contributed by atoms with Crippen molar-refractivity contribution in [1.29, 1.82) is 0 Å². The molecule has 1 amide bonds. The summed E-state index contributed by atoms with van der Waals surface area (Å²) >= 11 is 0. The van der Waals surface area contributed by atoms with E-state index in [0.29, 0.717) is 17.6 Å². The summed E-state index contributed by atoms with van der Waals surface area (Å²) < 4.78 is 91.6. The number of carbonyl (C=O) groups excluding carboxylic acids is 1. The quantitative estimate of drug-likeness (QED) is 0.0914. The number of rotatable bonds is 14. The number of carbonyl (C=O) groups is 1. The van der Waals surface area contributed by atoms with Crippen LogP contribution in [0, 0.1) is 11.3 Å². The Labute approximate surface area is 259 Å². The summed E-state index contributed by atoms with van der Waals surface area (Å²) in [5.74, 6) is -4.48. The van der Waals surface area contributed by atoms with E-state index >= 15 is 0 Å². The van der Waals surface area contributed by atoms with E-state index in [9.17, 15) is 36.1 Å². The maximum Gasteiger partial charge on any atom is 0.394 e. The number of nitrogens with one attached hydrogen (secondary N) is 2. The molecule has 4 atom stereocenters. The van der Waals surface area contributed by atoms with Crippen LogP contribution in [0.15, 0.2) is 18.2 Å². The van der Waals surface area contributed by atoms with Gasteiger partial charge in [-0.1, -0.05) is 39.6 Å². The molecule has 3 N–H and O–H groups in total. The molecule has 1 aromatic carbocycles. The second-order valence-electron chi connectivity index (χ2n) is 14.5. The highest BCUT2D eigenvalue weighted by atomic mass is 32.2. The van der Waals surface area contributed by atoms with Gasteiger partial charge in [0.1, 0.15) is 12.6 Å². The van der Waals surface area contributed by atoms with Gasteiger partial charge in [-0.3, -0.25) is 4.79 Å². The van der Waals surface area contributed by atoms with Gasteiger partial charge >= 0.3 is 6.18 Å². The minimum Gasteiger partial charge on any atom is -0.369 e. The van der Waals surface area contributed by atoms with Crippen molar-refractivity contribution in [2.45, 2.75) is 115 Å². The van der Waals surface area contributed by atoms with E-state index in [-0.39, 0.29) is 24.5 Å². The zero-order chi connectivity index (χ0) is 33.5. The summed E-state index contributed by atoms with van der Waals surface area (Å²) in [6.45, 7) is 14.1. The first-order chi connectivity index (χ1) is 19.9. The van der Waals surface area contributed by atoms with Crippen LogP contribution in [-0.2, 0) is 27.2 Å². The Hall–Kier alpha value is -1.94. The summed E-state index contributed by atoms with van der Waals surface area (Å²) in [5, 5.41) is 13.0. The fourth-order valence-electron chi connectivity index (χ4n) is 4.39. The van der Waals surface area contributed by atoms with Crippen LogP contribution in [0.25, 0.3) is 11.0 Å². The lowest BCUT2D eigenvalue weighted by molar-refractivity contribution is -0.215. The Morgan fingerprint density at radius 3 is 2.34 bits per heavy atom. The van der Waals surface area contributed by atoms with Gasteiger partial charge in [-0.15, -0.1) is 0 Å². The largest absolute Gasteiger partial charge is 0.394 e. The smallest absolute Gasteiger partial charge is 0.369 e. The highest BCUT2D eigenvalue weighted by molar-refractivity contribution is 7.84. The van der Waals surface area contributed by atoms with Crippen LogP contribution in [0.2, 0.25) is 25.7 Å². The molecule has 0 spiro atoms. The Kier molecular flexibility index (Phi) is 10.8. The van der Waals surface area contributed by atoms with Crippen molar-refractivity contribution in [1.82, 2.24) is 19.6 Å². The number of alkyl halides is 5. The van der Waals surface area contributed by atoms with Crippen molar-refractivity contribution in [2.75, 3.05) is 6.61 Å². The monoisotopic (exact) mass is 668 g/mol. The Morgan fingerprint density at radius 1 is 1.20 bits per heavy atom. The van der Waals surface area contributed by atoms with Crippen molar-refractivity contribution in [3.63, 3.8) is 0 Å². The first kappa shape index (κ1) is 36.5. The standard InChI is InChI=1S/C29H45F5N4O4SSi/c1-26(2,3)43(41)37-21(16-27(4,5)29(32,33)34)24-35-20-10-9-18(25(40)36-23(39)14-19-15-28(19,30)31)13-22(20)38(24)17-42-11-12-44(6,7)8/h9-10,13,19,21,25,37,40H,11-12,14-17H2,1-8H3,(H,36,39)/t19?,21-,25+,43+/m0/s1. The molecule has 1 unspecified atom stereocenters. The Morgan fingerprint density at radius 2 is 1.82 bits per heavy atom. The number of imidazole rings is 1. The molecule has 0 bridgehead atoms. The molecule has 15 heteroatoms. The molecule has 1 saturated carbocycles. The van der Waals surface area contributed by atoms with Crippen molar-refractivity contribution in [3.05, 3.63) is 29.6 Å². The van der Waals surface area contributed by atoms with Gasteiger partial charge in [-0.05, 0) is 45.4 Å². The molecule has 1 fully saturated rings. The van der Waals surface area contributed by atoms with Crippen LogP contribution in [0.5, 0.6) is 0 Å². The number of nitrogens with zero attached hydrogens (tertiary/aromatic N) is 2. The topological polar surface area (TPSA) is 105 Å². The first-order valence-corrected chi connectivity index (χ1v) is 19.4. The molecule has 0 radical (unpaired) electrons. The van der Waals surface area contributed by atoms with Gasteiger partial charge in [-0.2, -0.15) is 13.2 Å². The van der Waals surface area contributed by atoms with Crippen LogP contribution >= 0.6 is 0 Å². The van der Waals surface area contributed by atoms with E-state index in [4.69, 9.17) is 4.74 Å². The van der Waals surface area contributed by atoms with Gasteiger partial charge in [0, 0.05) is 39.0 Å². The van der Waals surface area contributed by atoms with E-state index < -0.39 is 78.3 Å². The van der Waals surface area contributed by atoms with E-state index in [2.05, 4.69) is 34.7 Å². The number of fused-ring (bicyclic) bond motifs is 1. The predicted octanol–water partition coefficient (Wildman–Crippen LogP) is 6.57. The second-order valence-corrected chi connectivity index (χ2v) is 22.1. The lowest BCUT2D eigenvalue weighted by Crippen LogP contribution is -2.41.